The summed E-state index contributed by atoms with van der Waals surface area (Å²) in [6, 6.07) is 1.52. The topological polar surface area (TPSA) is 93.5 Å². The maximum absolute atomic E-state index is 10.7. The summed E-state index contributed by atoms with van der Waals surface area (Å²) in [7, 11) is 0. The molecule has 0 saturated carbocycles. The van der Waals surface area contributed by atoms with E-state index in [1.165, 1.54) is 22.9 Å². The largest absolute Gasteiger partial charge is 0.477 e. The summed E-state index contributed by atoms with van der Waals surface area (Å²) in [5.74, 6) is -0.482. The number of nitrogens with two attached hydrogens (primary N) is 1. The van der Waals surface area contributed by atoms with Crippen molar-refractivity contribution in [2.45, 2.75) is 0 Å². The van der Waals surface area contributed by atoms with E-state index in [1.54, 1.807) is 0 Å². The zero-order chi connectivity index (χ0) is 9.42. The molecule has 6 heteroatoms. The second-order valence-corrected chi connectivity index (χ2v) is 2.45. The van der Waals surface area contributed by atoms with Gasteiger partial charge in [-0.05, 0) is 6.07 Å². The molecule has 66 valence electrons. The number of carboxylic acids is 1. The number of rotatable bonds is 1. The maximum atomic E-state index is 10.7. The van der Waals surface area contributed by atoms with Gasteiger partial charge in [0, 0.05) is 6.20 Å². The van der Waals surface area contributed by atoms with E-state index in [1.807, 2.05) is 0 Å². The lowest BCUT2D eigenvalue weighted by molar-refractivity contribution is 0.0689. The summed E-state index contributed by atoms with van der Waals surface area (Å²) in [4.78, 5) is 18.3. The van der Waals surface area contributed by atoms with Crippen LogP contribution in [0, 0.1) is 0 Å². The molecule has 13 heavy (non-hydrogen) atoms. The van der Waals surface area contributed by atoms with Gasteiger partial charge in [-0.15, -0.1) is 0 Å². The third-order valence-corrected chi connectivity index (χ3v) is 1.66. The van der Waals surface area contributed by atoms with Gasteiger partial charge in [0.1, 0.15) is 5.82 Å². The average Bonchev–Trinajstić information content (AvgIpc) is 2.49. The van der Waals surface area contributed by atoms with E-state index in [9.17, 15) is 4.79 Å². The summed E-state index contributed by atoms with van der Waals surface area (Å²) < 4.78 is 1.28. The smallest absolute Gasteiger partial charge is 0.354 e. The fraction of sp³-hybridized carbons (Fsp3) is 0. The fourth-order valence-corrected chi connectivity index (χ4v) is 1.09. The van der Waals surface area contributed by atoms with Crippen LogP contribution in [0.15, 0.2) is 18.5 Å². The van der Waals surface area contributed by atoms with E-state index in [-0.39, 0.29) is 11.5 Å². The molecule has 2 heterocycles. The predicted molar refractivity (Wildman–Crippen MR) is 44.4 cm³/mol. The van der Waals surface area contributed by atoms with Crippen LogP contribution in [0.3, 0.4) is 0 Å². The van der Waals surface area contributed by atoms with Crippen LogP contribution >= 0.6 is 0 Å². The van der Waals surface area contributed by atoms with Crippen LogP contribution in [-0.2, 0) is 0 Å². The highest BCUT2D eigenvalue weighted by Gasteiger charge is 2.12. The SMILES string of the molecule is Nc1ccnc2ncc(C(=O)O)n12. The van der Waals surface area contributed by atoms with Gasteiger partial charge < -0.3 is 10.8 Å². The highest BCUT2D eigenvalue weighted by molar-refractivity contribution is 5.86. The Hall–Kier alpha value is -2.11. The molecular formula is C7H6N4O2. The molecule has 0 aromatic carbocycles. The first kappa shape index (κ1) is 7.53. The lowest BCUT2D eigenvalue weighted by atomic mass is 10.4. The zero-order valence-corrected chi connectivity index (χ0v) is 6.51. The van der Waals surface area contributed by atoms with Gasteiger partial charge in [-0.3, -0.25) is 4.40 Å². The Morgan fingerprint density at radius 3 is 3.00 bits per heavy atom. The van der Waals surface area contributed by atoms with Crippen molar-refractivity contribution >= 4 is 17.6 Å². The third kappa shape index (κ3) is 0.994. The Morgan fingerprint density at radius 2 is 2.31 bits per heavy atom. The summed E-state index contributed by atoms with van der Waals surface area (Å²) in [5.41, 5.74) is 5.57. The quantitative estimate of drug-likeness (QED) is 0.641. The second-order valence-electron chi connectivity index (χ2n) is 2.45. The van der Waals surface area contributed by atoms with Crippen molar-refractivity contribution < 1.29 is 9.90 Å². The molecule has 0 atom stereocenters. The van der Waals surface area contributed by atoms with E-state index in [0.29, 0.717) is 5.82 Å². The molecule has 3 N–H and O–H groups in total. The number of aromatic nitrogens is 3. The monoisotopic (exact) mass is 178 g/mol. The Balaban J connectivity index is 2.86. The minimum absolute atomic E-state index is 0.0144. The number of fused-ring (bicyclic) bond motifs is 1. The third-order valence-electron chi connectivity index (χ3n) is 1.66. The zero-order valence-electron chi connectivity index (χ0n) is 6.51. The number of nitrogen functional groups attached to an aromatic ring is 1. The van der Waals surface area contributed by atoms with Crippen LogP contribution in [0.1, 0.15) is 10.5 Å². The number of aromatic carboxylic acids is 1. The fourth-order valence-electron chi connectivity index (χ4n) is 1.09. The van der Waals surface area contributed by atoms with Gasteiger partial charge in [-0.25, -0.2) is 14.8 Å². The van der Waals surface area contributed by atoms with E-state index in [0.717, 1.165) is 0 Å². The normalized spacial score (nSPS) is 10.5. The van der Waals surface area contributed by atoms with Crippen molar-refractivity contribution in [3.8, 4) is 0 Å². The molecule has 2 aromatic heterocycles. The van der Waals surface area contributed by atoms with Crippen molar-refractivity contribution in [2.75, 3.05) is 5.73 Å². The van der Waals surface area contributed by atoms with Gasteiger partial charge in [-0.2, -0.15) is 0 Å². The van der Waals surface area contributed by atoms with Gasteiger partial charge in [-0.1, -0.05) is 0 Å². The minimum Gasteiger partial charge on any atom is -0.477 e. The Bertz CT molecular complexity index is 476. The molecule has 0 saturated heterocycles. The summed E-state index contributed by atoms with van der Waals surface area (Å²) >= 11 is 0. The Kier molecular flexibility index (Phi) is 1.42. The number of anilines is 1. The highest BCUT2D eigenvalue weighted by atomic mass is 16.4. The first-order valence-corrected chi connectivity index (χ1v) is 3.51. The summed E-state index contributed by atoms with van der Waals surface area (Å²) in [6.45, 7) is 0. The standard InChI is InChI=1S/C7H6N4O2/c8-5-1-2-9-7-10-3-4(6(12)13)11(5)7/h1-3H,8H2,(H,12,13). The molecule has 0 bridgehead atoms. The number of carboxylic acid groups (broad SMARTS) is 1. The Labute approximate surface area is 72.6 Å². The van der Waals surface area contributed by atoms with E-state index < -0.39 is 5.97 Å². The van der Waals surface area contributed by atoms with Crippen LogP contribution in [0.4, 0.5) is 5.82 Å². The predicted octanol–water partition coefficient (Wildman–Crippen LogP) is 0.00970. The molecule has 2 rings (SSSR count). The van der Waals surface area contributed by atoms with E-state index in [4.69, 9.17) is 10.8 Å². The van der Waals surface area contributed by atoms with Gasteiger partial charge in [0.2, 0.25) is 5.78 Å². The maximum Gasteiger partial charge on any atom is 0.354 e. The van der Waals surface area contributed by atoms with Crippen LogP contribution < -0.4 is 5.73 Å². The van der Waals surface area contributed by atoms with Gasteiger partial charge >= 0.3 is 5.97 Å². The Morgan fingerprint density at radius 1 is 1.54 bits per heavy atom. The molecule has 0 unspecified atom stereocenters. The number of carbonyl (C=O) groups is 1. The van der Waals surface area contributed by atoms with Crippen LogP contribution in [-0.4, -0.2) is 25.4 Å². The number of hydrogen-bond acceptors (Lipinski definition) is 4. The van der Waals surface area contributed by atoms with Crippen molar-refractivity contribution in [1.29, 1.82) is 0 Å². The lowest BCUT2D eigenvalue weighted by Crippen LogP contribution is -2.06. The molecule has 0 aliphatic heterocycles. The molecule has 2 aromatic rings. The first-order chi connectivity index (χ1) is 6.20. The van der Waals surface area contributed by atoms with E-state index in [2.05, 4.69) is 9.97 Å². The van der Waals surface area contributed by atoms with Crippen molar-refractivity contribution in [3.05, 3.63) is 24.2 Å². The molecule has 0 spiro atoms. The molecule has 6 nitrogen and oxygen atoms in total. The molecule has 0 fully saturated rings. The van der Waals surface area contributed by atoms with Crippen molar-refractivity contribution in [2.24, 2.45) is 0 Å². The van der Waals surface area contributed by atoms with Gasteiger partial charge in [0.25, 0.3) is 0 Å². The van der Waals surface area contributed by atoms with Crippen molar-refractivity contribution in [1.82, 2.24) is 14.4 Å². The lowest BCUT2D eigenvalue weighted by Gasteiger charge is -1.99. The molecule has 0 amide bonds. The van der Waals surface area contributed by atoms with Gasteiger partial charge in [0.05, 0.1) is 6.20 Å². The van der Waals surface area contributed by atoms with Crippen LogP contribution in [0.5, 0.6) is 0 Å². The van der Waals surface area contributed by atoms with Gasteiger partial charge in [0.15, 0.2) is 5.69 Å². The molecule has 0 aliphatic rings. The second kappa shape index (κ2) is 2.44. The number of hydrogen-bond donors (Lipinski definition) is 2. The molecule has 0 aliphatic carbocycles. The molecule has 0 radical (unpaired) electrons. The first-order valence-electron chi connectivity index (χ1n) is 3.51. The summed E-state index contributed by atoms with van der Waals surface area (Å²) in [5, 5.41) is 8.75. The van der Waals surface area contributed by atoms with E-state index >= 15 is 0 Å². The van der Waals surface area contributed by atoms with Crippen LogP contribution in [0.25, 0.3) is 5.78 Å². The average molecular weight is 178 g/mol. The summed E-state index contributed by atoms with van der Waals surface area (Å²) in [6.07, 6.45) is 2.70. The molecular weight excluding hydrogens is 172 g/mol. The minimum atomic E-state index is -1.08. The van der Waals surface area contributed by atoms with Crippen molar-refractivity contribution in [3.63, 3.8) is 0 Å². The van der Waals surface area contributed by atoms with Crippen LogP contribution in [0.2, 0.25) is 0 Å². The highest BCUT2D eigenvalue weighted by Crippen LogP contribution is 2.09. The number of nitrogens with zero attached hydrogens (tertiary/aromatic N) is 3. The number of imidazole rings is 1.